The van der Waals surface area contributed by atoms with E-state index in [-0.39, 0.29) is 17.9 Å². The first-order valence-corrected chi connectivity index (χ1v) is 6.24. The Balaban J connectivity index is 2.23. The third-order valence-electron chi connectivity index (χ3n) is 2.86. The highest BCUT2D eigenvalue weighted by molar-refractivity contribution is 5.39. The third kappa shape index (κ3) is 3.95. The van der Waals surface area contributed by atoms with Crippen LogP contribution in [-0.2, 0) is 19.4 Å². The highest BCUT2D eigenvalue weighted by Gasteiger charge is 2.34. The van der Waals surface area contributed by atoms with E-state index in [0.717, 1.165) is 11.6 Å². The second-order valence-electron chi connectivity index (χ2n) is 4.65. The van der Waals surface area contributed by atoms with Gasteiger partial charge in [-0.05, 0) is 36.2 Å². The molecule has 0 spiro atoms. The lowest BCUT2D eigenvalue weighted by atomic mass is 10.1. The van der Waals surface area contributed by atoms with Crippen molar-refractivity contribution in [2.24, 2.45) is 0 Å². The second kappa shape index (κ2) is 6.13. The molecule has 0 radical (unpaired) electrons. The van der Waals surface area contributed by atoms with Gasteiger partial charge >= 0.3 is 6.18 Å². The van der Waals surface area contributed by atoms with Crippen LogP contribution in [0.4, 0.5) is 13.2 Å². The van der Waals surface area contributed by atoms with E-state index < -0.39 is 18.3 Å². The zero-order chi connectivity index (χ0) is 15.5. The van der Waals surface area contributed by atoms with Crippen LogP contribution in [0.1, 0.15) is 22.3 Å². The lowest BCUT2D eigenvalue weighted by Crippen LogP contribution is -2.09. The van der Waals surface area contributed by atoms with Crippen LogP contribution in [0, 0.1) is 6.92 Å². The van der Waals surface area contributed by atoms with Gasteiger partial charge < -0.3 is 9.84 Å². The van der Waals surface area contributed by atoms with Gasteiger partial charge in [0.25, 0.3) is 0 Å². The molecule has 6 heteroatoms. The molecule has 0 aliphatic carbocycles. The molecule has 0 saturated heterocycles. The summed E-state index contributed by atoms with van der Waals surface area (Å²) in [4.78, 5) is 3.96. The van der Waals surface area contributed by atoms with E-state index in [2.05, 4.69) is 4.98 Å². The van der Waals surface area contributed by atoms with Crippen molar-refractivity contribution >= 4 is 0 Å². The SMILES string of the molecule is Cc1cncc(COc2ccc(CO)cc2C(F)(F)F)c1. The molecule has 0 aliphatic heterocycles. The maximum atomic E-state index is 13.0. The predicted molar refractivity (Wildman–Crippen MR) is 70.7 cm³/mol. The van der Waals surface area contributed by atoms with Crippen molar-refractivity contribution in [2.45, 2.75) is 26.3 Å². The van der Waals surface area contributed by atoms with E-state index in [0.29, 0.717) is 5.56 Å². The van der Waals surface area contributed by atoms with E-state index in [4.69, 9.17) is 9.84 Å². The van der Waals surface area contributed by atoms with Gasteiger partial charge in [0.15, 0.2) is 0 Å². The maximum absolute atomic E-state index is 13.0. The van der Waals surface area contributed by atoms with E-state index in [1.54, 1.807) is 18.5 Å². The molecule has 1 aromatic carbocycles. The molecule has 1 aromatic heterocycles. The van der Waals surface area contributed by atoms with Gasteiger partial charge in [0, 0.05) is 18.0 Å². The van der Waals surface area contributed by atoms with E-state index in [1.165, 1.54) is 12.1 Å². The molecule has 0 aliphatic rings. The summed E-state index contributed by atoms with van der Waals surface area (Å²) in [7, 11) is 0. The molecule has 1 heterocycles. The number of halogens is 3. The number of hydrogen-bond donors (Lipinski definition) is 1. The first-order valence-electron chi connectivity index (χ1n) is 6.24. The highest BCUT2D eigenvalue weighted by atomic mass is 19.4. The smallest absolute Gasteiger partial charge is 0.419 e. The van der Waals surface area contributed by atoms with Crippen LogP contribution in [-0.4, -0.2) is 10.1 Å². The highest BCUT2D eigenvalue weighted by Crippen LogP contribution is 2.37. The normalized spacial score (nSPS) is 11.5. The summed E-state index contributed by atoms with van der Waals surface area (Å²) in [6.07, 6.45) is -1.34. The number of rotatable bonds is 4. The van der Waals surface area contributed by atoms with Gasteiger partial charge in [0.05, 0.1) is 12.2 Å². The Labute approximate surface area is 120 Å². The van der Waals surface area contributed by atoms with Gasteiger partial charge in [-0.2, -0.15) is 13.2 Å². The molecule has 0 saturated carbocycles. The lowest BCUT2D eigenvalue weighted by molar-refractivity contribution is -0.139. The maximum Gasteiger partial charge on any atom is 0.419 e. The van der Waals surface area contributed by atoms with Crippen LogP contribution in [0.15, 0.2) is 36.7 Å². The Bertz CT molecular complexity index is 627. The Hall–Kier alpha value is -2.08. The fraction of sp³-hybridized carbons (Fsp3) is 0.267. The lowest BCUT2D eigenvalue weighted by Gasteiger charge is -2.15. The number of benzene rings is 1. The van der Waals surface area contributed by atoms with Crippen molar-refractivity contribution in [1.29, 1.82) is 0 Å². The molecule has 21 heavy (non-hydrogen) atoms. The summed E-state index contributed by atoms with van der Waals surface area (Å²) >= 11 is 0. The van der Waals surface area contributed by atoms with Crippen molar-refractivity contribution in [2.75, 3.05) is 0 Å². The van der Waals surface area contributed by atoms with Crippen molar-refractivity contribution in [3.63, 3.8) is 0 Å². The predicted octanol–water partition coefficient (Wildman–Crippen LogP) is 3.48. The topological polar surface area (TPSA) is 42.4 Å². The molecule has 1 N–H and O–H groups in total. The third-order valence-corrected chi connectivity index (χ3v) is 2.86. The number of hydrogen-bond acceptors (Lipinski definition) is 3. The van der Waals surface area contributed by atoms with Crippen LogP contribution < -0.4 is 4.74 Å². The Morgan fingerprint density at radius 1 is 1.14 bits per heavy atom. The molecule has 0 bridgehead atoms. The standard InChI is InChI=1S/C15H14F3NO2/c1-10-4-12(7-19-6-10)9-21-14-3-2-11(8-20)5-13(14)15(16,17)18/h2-7,20H,8-9H2,1H3. The number of ether oxygens (including phenoxy) is 1. The number of pyridine rings is 1. The Morgan fingerprint density at radius 2 is 1.90 bits per heavy atom. The van der Waals surface area contributed by atoms with Gasteiger partial charge in [-0.3, -0.25) is 4.98 Å². The first-order chi connectivity index (χ1) is 9.90. The summed E-state index contributed by atoms with van der Waals surface area (Å²) in [5.41, 5.74) is 0.888. The Morgan fingerprint density at radius 3 is 2.52 bits per heavy atom. The monoisotopic (exact) mass is 297 g/mol. The number of aliphatic hydroxyl groups is 1. The molecular formula is C15H14F3NO2. The van der Waals surface area contributed by atoms with Crippen molar-refractivity contribution in [1.82, 2.24) is 4.98 Å². The molecule has 2 aromatic rings. The summed E-state index contributed by atoms with van der Waals surface area (Å²) in [5, 5.41) is 8.94. The van der Waals surface area contributed by atoms with Gasteiger partial charge in [-0.15, -0.1) is 0 Å². The van der Waals surface area contributed by atoms with E-state index >= 15 is 0 Å². The average molecular weight is 297 g/mol. The molecule has 0 atom stereocenters. The van der Waals surface area contributed by atoms with Crippen LogP contribution in [0.2, 0.25) is 0 Å². The molecule has 0 fully saturated rings. The minimum Gasteiger partial charge on any atom is -0.488 e. The fourth-order valence-corrected chi connectivity index (χ4v) is 1.88. The van der Waals surface area contributed by atoms with E-state index in [9.17, 15) is 13.2 Å². The van der Waals surface area contributed by atoms with Crippen molar-refractivity contribution < 1.29 is 23.0 Å². The fourth-order valence-electron chi connectivity index (χ4n) is 1.88. The minimum atomic E-state index is -4.54. The second-order valence-corrected chi connectivity index (χ2v) is 4.65. The first kappa shape index (κ1) is 15.3. The number of aryl methyl sites for hydroxylation is 1. The summed E-state index contributed by atoms with van der Waals surface area (Å²) in [5.74, 6) is -0.263. The zero-order valence-electron chi connectivity index (χ0n) is 11.3. The van der Waals surface area contributed by atoms with Gasteiger partial charge in [-0.25, -0.2) is 0 Å². The summed E-state index contributed by atoms with van der Waals surface area (Å²) < 4.78 is 44.2. The molecule has 0 amide bonds. The van der Waals surface area contributed by atoms with Gasteiger partial charge in [-0.1, -0.05) is 6.07 Å². The van der Waals surface area contributed by atoms with Crippen molar-refractivity contribution in [3.05, 3.63) is 58.9 Å². The largest absolute Gasteiger partial charge is 0.488 e. The quantitative estimate of drug-likeness (QED) is 0.939. The summed E-state index contributed by atoms with van der Waals surface area (Å²) in [6, 6.07) is 5.31. The van der Waals surface area contributed by atoms with Crippen molar-refractivity contribution in [3.8, 4) is 5.75 Å². The molecule has 3 nitrogen and oxygen atoms in total. The van der Waals surface area contributed by atoms with E-state index in [1.807, 2.05) is 6.92 Å². The van der Waals surface area contributed by atoms with Crippen LogP contribution in [0.5, 0.6) is 5.75 Å². The zero-order valence-corrected chi connectivity index (χ0v) is 11.3. The summed E-state index contributed by atoms with van der Waals surface area (Å²) in [6.45, 7) is 1.38. The minimum absolute atomic E-state index is 0.00374. The molecule has 2 rings (SSSR count). The van der Waals surface area contributed by atoms with Crippen LogP contribution in [0.25, 0.3) is 0 Å². The van der Waals surface area contributed by atoms with Crippen LogP contribution >= 0.6 is 0 Å². The number of alkyl halides is 3. The van der Waals surface area contributed by atoms with Crippen LogP contribution in [0.3, 0.4) is 0 Å². The van der Waals surface area contributed by atoms with Gasteiger partial charge in [0.2, 0.25) is 0 Å². The number of aromatic nitrogens is 1. The number of nitrogens with zero attached hydrogens (tertiary/aromatic N) is 1. The molecule has 112 valence electrons. The average Bonchev–Trinajstić information content (AvgIpc) is 2.44. The number of aliphatic hydroxyl groups excluding tert-OH is 1. The molecular weight excluding hydrogens is 283 g/mol. The molecule has 0 unspecified atom stereocenters. The van der Waals surface area contributed by atoms with Gasteiger partial charge in [0.1, 0.15) is 12.4 Å². The Kier molecular flexibility index (Phi) is 4.47.